The Kier molecular flexibility index (Phi) is 15.8. The second-order valence-electron chi connectivity index (χ2n) is 16.6. The van der Waals surface area contributed by atoms with E-state index in [9.17, 15) is 28.4 Å². The first-order valence-electron chi connectivity index (χ1n) is 20.6. The molecular formula is C43H60FN7O7. The van der Waals surface area contributed by atoms with Crippen molar-refractivity contribution >= 4 is 35.4 Å². The minimum Gasteiger partial charge on any atom is -0.444 e. The molecule has 1 aliphatic carbocycles. The maximum atomic E-state index is 14.6. The van der Waals surface area contributed by atoms with Crippen LogP contribution in [0.15, 0.2) is 42.5 Å². The van der Waals surface area contributed by atoms with Crippen molar-refractivity contribution in [3.63, 3.8) is 0 Å². The summed E-state index contributed by atoms with van der Waals surface area (Å²) in [6.45, 7) is 8.46. The van der Waals surface area contributed by atoms with Crippen molar-refractivity contribution in [2.75, 3.05) is 45.8 Å². The van der Waals surface area contributed by atoms with Gasteiger partial charge in [-0.3, -0.25) is 24.1 Å². The molecule has 5 amide bonds. The number of carbonyl (C=O) groups is 5. The summed E-state index contributed by atoms with van der Waals surface area (Å²) in [5.41, 5.74) is 5.82. The van der Waals surface area contributed by atoms with E-state index < -0.39 is 35.4 Å². The molecule has 15 heteroatoms. The third-order valence-electron chi connectivity index (χ3n) is 11.0. The number of halogens is 1. The number of hydrogen-bond donors (Lipinski definition) is 5. The fourth-order valence-corrected chi connectivity index (χ4v) is 8.02. The van der Waals surface area contributed by atoms with Crippen molar-refractivity contribution in [2.45, 2.75) is 109 Å². The van der Waals surface area contributed by atoms with Crippen molar-refractivity contribution < 1.29 is 37.8 Å². The van der Waals surface area contributed by atoms with Gasteiger partial charge in [-0.2, -0.15) is 0 Å². The van der Waals surface area contributed by atoms with Gasteiger partial charge in [0, 0.05) is 62.5 Å². The quantitative estimate of drug-likeness (QED) is 0.130. The second-order valence-corrected chi connectivity index (χ2v) is 16.6. The van der Waals surface area contributed by atoms with Crippen LogP contribution in [-0.4, -0.2) is 115 Å². The van der Waals surface area contributed by atoms with E-state index in [1.54, 1.807) is 18.2 Å². The molecule has 2 heterocycles. The summed E-state index contributed by atoms with van der Waals surface area (Å²) >= 11 is 0. The third kappa shape index (κ3) is 13.1. The van der Waals surface area contributed by atoms with Gasteiger partial charge in [0.25, 0.3) is 5.91 Å². The Balaban J connectivity index is 0.980. The summed E-state index contributed by atoms with van der Waals surface area (Å²) in [5.74, 6) is -2.12. The Labute approximate surface area is 340 Å². The SMILES string of the molecule is CC(C)(C)OC(=O)N[C@@H](C(=O)N1CCC(OC2CCN(CC(=O)NCCNC(=O)c3cc(CC(=N)c4ccccc4C(N)=O)ccc3F)CC2)CC1)C1CCCCC1. The van der Waals surface area contributed by atoms with Crippen molar-refractivity contribution in [2.24, 2.45) is 11.7 Å². The molecule has 0 aromatic heterocycles. The van der Waals surface area contributed by atoms with Gasteiger partial charge in [-0.05, 0) is 89.0 Å². The molecule has 0 radical (unpaired) electrons. The number of nitrogens with one attached hydrogen (secondary N) is 4. The van der Waals surface area contributed by atoms with Crippen LogP contribution in [0.3, 0.4) is 0 Å². The molecule has 2 aromatic carbocycles. The van der Waals surface area contributed by atoms with E-state index >= 15 is 0 Å². The standard InChI is InChI=1S/C43H60FN7O7/c1-43(2,3)58-42(56)49-38(29-9-5-4-6-10-29)41(55)51-23-17-31(18-24-51)57-30-15-21-50(22-16-30)27-37(52)47-19-20-48-40(54)34-25-28(13-14-35(34)44)26-36(45)32-11-7-8-12-33(32)39(46)53/h7-8,11-14,25,29-31,38,45H,4-6,9-10,15-24,26-27H2,1-3H3,(H2,46,53)(H,47,52)(H,48,54)(H,49,56)/t38-/m1/s1. The number of benzene rings is 2. The Morgan fingerprint density at radius 2 is 1.47 bits per heavy atom. The summed E-state index contributed by atoms with van der Waals surface area (Å²) in [4.78, 5) is 67.7. The molecule has 0 bridgehead atoms. The number of nitrogens with zero attached hydrogens (tertiary/aromatic N) is 2. The van der Waals surface area contributed by atoms with Crippen LogP contribution in [0.5, 0.6) is 0 Å². The number of amides is 5. The molecule has 0 spiro atoms. The number of nitrogens with two attached hydrogens (primary N) is 1. The molecule has 2 aromatic rings. The number of rotatable bonds is 15. The van der Waals surface area contributed by atoms with Crippen LogP contribution in [0.25, 0.3) is 0 Å². The summed E-state index contributed by atoms with van der Waals surface area (Å²) in [5, 5.41) is 16.8. The highest BCUT2D eigenvalue weighted by atomic mass is 19.1. The predicted molar refractivity (Wildman–Crippen MR) is 217 cm³/mol. The van der Waals surface area contributed by atoms with Crippen LogP contribution in [0, 0.1) is 17.1 Å². The monoisotopic (exact) mass is 805 g/mol. The lowest BCUT2D eigenvalue weighted by atomic mass is 9.83. The van der Waals surface area contributed by atoms with Gasteiger partial charge in [-0.25, -0.2) is 9.18 Å². The number of alkyl carbamates (subject to hydrolysis) is 1. The normalized spacial score (nSPS) is 17.9. The van der Waals surface area contributed by atoms with E-state index in [0.717, 1.165) is 57.8 Å². The number of piperidine rings is 2. The lowest BCUT2D eigenvalue weighted by Gasteiger charge is -2.39. The largest absolute Gasteiger partial charge is 0.444 e. The Bertz CT molecular complexity index is 1780. The lowest BCUT2D eigenvalue weighted by molar-refractivity contribution is -0.139. The Hall–Kier alpha value is -4.89. The molecule has 3 aliphatic rings. The van der Waals surface area contributed by atoms with Gasteiger partial charge in [0.1, 0.15) is 17.5 Å². The summed E-state index contributed by atoms with van der Waals surface area (Å²) in [7, 11) is 0. The predicted octanol–water partition coefficient (Wildman–Crippen LogP) is 4.33. The molecule has 58 heavy (non-hydrogen) atoms. The first-order valence-corrected chi connectivity index (χ1v) is 20.6. The van der Waals surface area contributed by atoms with E-state index in [1.165, 1.54) is 24.3 Å². The molecule has 5 rings (SSSR count). The highest BCUT2D eigenvalue weighted by Gasteiger charge is 2.37. The second kappa shape index (κ2) is 20.7. The van der Waals surface area contributed by atoms with Crippen LogP contribution in [0.4, 0.5) is 9.18 Å². The number of carbonyl (C=O) groups excluding carboxylic acids is 5. The number of primary amides is 1. The molecule has 14 nitrogen and oxygen atoms in total. The molecule has 1 atom stereocenters. The molecule has 1 saturated carbocycles. The summed E-state index contributed by atoms with van der Waals surface area (Å²) in [6, 6.07) is 9.94. The van der Waals surface area contributed by atoms with Crippen LogP contribution in [0.2, 0.25) is 0 Å². The lowest BCUT2D eigenvalue weighted by Crippen LogP contribution is -2.55. The molecule has 0 unspecified atom stereocenters. The molecule has 6 N–H and O–H groups in total. The Morgan fingerprint density at radius 3 is 2.10 bits per heavy atom. The fourth-order valence-electron chi connectivity index (χ4n) is 8.02. The van der Waals surface area contributed by atoms with Crippen LogP contribution >= 0.6 is 0 Å². The van der Waals surface area contributed by atoms with Crippen molar-refractivity contribution in [3.8, 4) is 0 Å². The smallest absolute Gasteiger partial charge is 0.408 e. The highest BCUT2D eigenvalue weighted by molar-refractivity contribution is 6.09. The van der Waals surface area contributed by atoms with Crippen molar-refractivity contribution in [1.29, 1.82) is 5.41 Å². The first-order chi connectivity index (χ1) is 27.7. The molecule has 316 valence electrons. The average Bonchev–Trinajstić information content (AvgIpc) is 3.19. The zero-order valence-corrected chi connectivity index (χ0v) is 34.1. The summed E-state index contributed by atoms with van der Waals surface area (Å²) < 4.78 is 26.6. The highest BCUT2D eigenvalue weighted by Crippen LogP contribution is 2.29. The molecule has 2 aliphatic heterocycles. The van der Waals surface area contributed by atoms with Crippen molar-refractivity contribution in [1.82, 2.24) is 25.8 Å². The van der Waals surface area contributed by atoms with Crippen LogP contribution in [0.1, 0.15) is 110 Å². The Morgan fingerprint density at radius 1 is 0.845 bits per heavy atom. The average molecular weight is 806 g/mol. The zero-order valence-electron chi connectivity index (χ0n) is 34.1. The van der Waals surface area contributed by atoms with Gasteiger partial charge >= 0.3 is 6.09 Å². The van der Waals surface area contributed by atoms with E-state index in [2.05, 4.69) is 20.9 Å². The fraction of sp³-hybridized carbons (Fsp3) is 0.581. The van der Waals surface area contributed by atoms with Gasteiger partial charge in [0.15, 0.2) is 0 Å². The number of ether oxygens (including phenoxy) is 2. The first kappa shape index (κ1) is 44.2. The van der Waals surface area contributed by atoms with Gasteiger partial charge in [-0.1, -0.05) is 43.5 Å². The number of hydrogen-bond acceptors (Lipinski definition) is 9. The van der Waals surface area contributed by atoms with E-state index in [-0.39, 0.29) is 72.8 Å². The van der Waals surface area contributed by atoms with Crippen molar-refractivity contribution in [3.05, 3.63) is 70.5 Å². The maximum absolute atomic E-state index is 14.6. The minimum atomic E-state index is -0.713. The van der Waals surface area contributed by atoms with Gasteiger partial charge < -0.3 is 41.5 Å². The molecule has 3 fully saturated rings. The minimum absolute atomic E-state index is 0.0368. The van der Waals surface area contributed by atoms with Gasteiger partial charge in [-0.15, -0.1) is 0 Å². The summed E-state index contributed by atoms with van der Waals surface area (Å²) in [6.07, 6.45) is 7.73. The zero-order chi connectivity index (χ0) is 41.8. The topological polar surface area (TPSA) is 196 Å². The van der Waals surface area contributed by atoms with Gasteiger partial charge in [0.05, 0.1) is 24.3 Å². The van der Waals surface area contributed by atoms with Crippen LogP contribution in [-0.2, 0) is 25.5 Å². The van der Waals surface area contributed by atoms with Crippen LogP contribution < -0.4 is 21.7 Å². The van der Waals surface area contributed by atoms with Gasteiger partial charge in [0.2, 0.25) is 17.7 Å². The number of likely N-dealkylation sites (tertiary alicyclic amines) is 2. The maximum Gasteiger partial charge on any atom is 0.408 e. The van der Waals surface area contributed by atoms with E-state index in [4.69, 9.17) is 20.6 Å². The van der Waals surface area contributed by atoms with E-state index in [1.807, 2.05) is 25.7 Å². The third-order valence-corrected chi connectivity index (χ3v) is 11.0. The van der Waals surface area contributed by atoms with E-state index in [0.29, 0.717) is 37.3 Å². The molecular weight excluding hydrogens is 746 g/mol. The molecule has 2 saturated heterocycles.